The lowest BCUT2D eigenvalue weighted by Crippen LogP contribution is -2.47. The van der Waals surface area contributed by atoms with Gasteiger partial charge in [-0.15, -0.1) is 24.8 Å². The summed E-state index contributed by atoms with van der Waals surface area (Å²) in [4.78, 5) is 2.60. The van der Waals surface area contributed by atoms with Crippen LogP contribution in [0.4, 0.5) is 0 Å². The Bertz CT molecular complexity index is 535. The lowest BCUT2D eigenvalue weighted by atomic mass is 9.76. The van der Waals surface area contributed by atoms with E-state index in [0.29, 0.717) is 17.7 Å². The van der Waals surface area contributed by atoms with Crippen LogP contribution >= 0.6 is 24.8 Å². The summed E-state index contributed by atoms with van der Waals surface area (Å²) in [5.74, 6) is 2.95. The maximum absolute atomic E-state index is 5.75. The highest BCUT2D eigenvalue weighted by atomic mass is 35.5. The third-order valence-electron chi connectivity index (χ3n) is 5.19. The smallest absolute Gasteiger partial charge is 0.203 e. The van der Waals surface area contributed by atoms with E-state index in [0.717, 1.165) is 37.7 Å². The Morgan fingerprint density at radius 3 is 2.08 bits per heavy atom. The Morgan fingerprint density at radius 1 is 0.960 bits per heavy atom. The molecular formula is C18H30Cl2N2O3. The van der Waals surface area contributed by atoms with Gasteiger partial charge in [-0.1, -0.05) is 6.42 Å². The van der Waals surface area contributed by atoms with Crippen molar-refractivity contribution in [3.8, 4) is 17.2 Å². The third-order valence-corrected chi connectivity index (χ3v) is 5.19. The first-order valence-corrected chi connectivity index (χ1v) is 8.53. The van der Waals surface area contributed by atoms with Gasteiger partial charge in [0.25, 0.3) is 0 Å². The molecule has 1 saturated carbocycles. The highest BCUT2D eigenvalue weighted by Crippen LogP contribution is 2.49. The highest BCUT2D eigenvalue weighted by Gasteiger charge is 2.36. The number of nitrogens with one attached hydrogen (secondary N) is 1. The molecule has 7 heteroatoms. The summed E-state index contributed by atoms with van der Waals surface area (Å²) in [6.45, 7) is 4.27. The molecule has 1 saturated heterocycles. The Morgan fingerprint density at radius 2 is 1.60 bits per heavy atom. The van der Waals surface area contributed by atoms with Crippen molar-refractivity contribution in [3.05, 3.63) is 17.7 Å². The molecule has 25 heavy (non-hydrogen) atoms. The summed E-state index contributed by atoms with van der Waals surface area (Å²) in [5, 5.41) is 3.45. The fourth-order valence-corrected chi connectivity index (χ4v) is 3.82. The highest BCUT2D eigenvalue weighted by molar-refractivity contribution is 5.85. The van der Waals surface area contributed by atoms with E-state index >= 15 is 0 Å². The van der Waals surface area contributed by atoms with Gasteiger partial charge in [0.05, 0.1) is 21.3 Å². The van der Waals surface area contributed by atoms with Gasteiger partial charge in [-0.2, -0.15) is 0 Å². The van der Waals surface area contributed by atoms with Crippen LogP contribution in [-0.2, 0) is 0 Å². The van der Waals surface area contributed by atoms with Crippen LogP contribution in [0.2, 0.25) is 0 Å². The molecule has 0 bridgehead atoms. The summed E-state index contributed by atoms with van der Waals surface area (Å²) >= 11 is 0. The van der Waals surface area contributed by atoms with Crippen molar-refractivity contribution in [2.24, 2.45) is 5.92 Å². The molecule has 0 spiro atoms. The molecule has 0 radical (unpaired) electrons. The molecule has 0 amide bonds. The van der Waals surface area contributed by atoms with Gasteiger partial charge in [-0.3, -0.25) is 4.90 Å². The van der Waals surface area contributed by atoms with Crippen molar-refractivity contribution in [1.82, 2.24) is 10.2 Å². The zero-order valence-electron chi connectivity index (χ0n) is 15.2. The van der Waals surface area contributed by atoms with E-state index in [9.17, 15) is 0 Å². The SMILES string of the molecule is COc1ccc([C@@H](C2CCC2)N2CCNCC2)c(OC)c1OC.Cl.Cl. The molecular weight excluding hydrogens is 363 g/mol. The fraction of sp³-hybridized carbons (Fsp3) is 0.667. The standard InChI is InChI=1S/C18H28N2O3.2ClH/c1-21-15-8-7-14(17(22-2)18(15)23-3)16(13-5-4-6-13)20-11-9-19-10-12-20;;/h7-8,13,16,19H,4-6,9-12H2,1-3H3;2*1H/t16-;;/m1../s1. The number of piperazine rings is 1. The summed E-state index contributed by atoms with van der Waals surface area (Å²) < 4.78 is 16.8. The van der Waals surface area contributed by atoms with Gasteiger partial charge in [-0.25, -0.2) is 0 Å². The Kier molecular flexibility index (Phi) is 9.14. The van der Waals surface area contributed by atoms with Gasteiger partial charge in [0, 0.05) is 37.8 Å². The van der Waals surface area contributed by atoms with Crippen LogP contribution in [0.25, 0.3) is 0 Å². The van der Waals surface area contributed by atoms with Crippen molar-refractivity contribution in [2.45, 2.75) is 25.3 Å². The summed E-state index contributed by atoms with van der Waals surface area (Å²) in [7, 11) is 5.06. The van der Waals surface area contributed by atoms with Crippen LogP contribution < -0.4 is 19.5 Å². The minimum absolute atomic E-state index is 0. The number of rotatable bonds is 6. The average Bonchev–Trinajstić information content (AvgIpc) is 2.57. The first-order valence-electron chi connectivity index (χ1n) is 8.53. The number of ether oxygens (including phenoxy) is 3. The minimum atomic E-state index is 0. The van der Waals surface area contributed by atoms with Gasteiger partial charge >= 0.3 is 0 Å². The molecule has 1 aromatic rings. The van der Waals surface area contributed by atoms with Gasteiger partial charge in [0.15, 0.2) is 11.5 Å². The molecule has 2 aliphatic rings. The van der Waals surface area contributed by atoms with E-state index in [1.165, 1.54) is 24.8 Å². The first kappa shape index (κ1) is 22.2. The van der Waals surface area contributed by atoms with E-state index < -0.39 is 0 Å². The molecule has 1 aliphatic carbocycles. The van der Waals surface area contributed by atoms with E-state index in [4.69, 9.17) is 14.2 Å². The largest absolute Gasteiger partial charge is 0.493 e. The second-order valence-corrected chi connectivity index (χ2v) is 6.35. The van der Waals surface area contributed by atoms with E-state index in [-0.39, 0.29) is 24.8 Å². The molecule has 0 aromatic heterocycles. The Hall–Kier alpha value is -0.880. The number of hydrogen-bond donors (Lipinski definition) is 1. The van der Waals surface area contributed by atoms with E-state index in [2.05, 4.69) is 16.3 Å². The van der Waals surface area contributed by atoms with Crippen molar-refractivity contribution in [2.75, 3.05) is 47.5 Å². The van der Waals surface area contributed by atoms with Gasteiger partial charge in [0.2, 0.25) is 5.75 Å². The molecule has 144 valence electrons. The Labute approximate surface area is 163 Å². The maximum atomic E-state index is 5.75. The second kappa shape index (κ2) is 10.3. The molecule has 1 heterocycles. The number of benzene rings is 1. The normalized spacial score (nSPS) is 19.0. The number of hydrogen-bond acceptors (Lipinski definition) is 5. The monoisotopic (exact) mass is 392 g/mol. The second-order valence-electron chi connectivity index (χ2n) is 6.35. The quantitative estimate of drug-likeness (QED) is 0.804. The molecule has 0 unspecified atom stereocenters. The number of halogens is 2. The van der Waals surface area contributed by atoms with Crippen LogP contribution in [0.5, 0.6) is 17.2 Å². The van der Waals surface area contributed by atoms with Gasteiger partial charge in [-0.05, 0) is 30.9 Å². The number of methoxy groups -OCH3 is 3. The zero-order valence-corrected chi connectivity index (χ0v) is 16.9. The molecule has 2 fully saturated rings. The lowest BCUT2D eigenvalue weighted by molar-refractivity contribution is 0.0814. The van der Waals surface area contributed by atoms with Gasteiger partial charge < -0.3 is 19.5 Å². The number of nitrogens with zero attached hydrogens (tertiary/aromatic N) is 1. The van der Waals surface area contributed by atoms with Crippen LogP contribution in [0, 0.1) is 5.92 Å². The predicted octanol–water partition coefficient (Wildman–Crippen LogP) is 3.30. The van der Waals surface area contributed by atoms with E-state index in [1.807, 2.05) is 6.07 Å². The predicted molar refractivity (Wildman–Crippen MR) is 105 cm³/mol. The van der Waals surface area contributed by atoms with Crippen LogP contribution in [0.1, 0.15) is 30.9 Å². The molecule has 1 aliphatic heterocycles. The zero-order chi connectivity index (χ0) is 16.2. The van der Waals surface area contributed by atoms with Crippen molar-refractivity contribution >= 4 is 24.8 Å². The van der Waals surface area contributed by atoms with Crippen molar-refractivity contribution in [1.29, 1.82) is 0 Å². The third kappa shape index (κ3) is 4.45. The van der Waals surface area contributed by atoms with E-state index in [1.54, 1.807) is 21.3 Å². The topological polar surface area (TPSA) is 43.0 Å². The molecule has 1 N–H and O–H groups in total. The molecule has 1 atom stereocenters. The molecule has 1 aromatic carbocycles. The van der Waals surface area contributed by atoms with Crippen molar-refractivity contribution < 1.29 is 14.2 Å². The lowest BCUT2D eigenvalue weighted by Gasteiger charge is -2.43. The van der Waals surface area contributed by atoms with Crippen LogP contribution in [0.3, 0.4) is 0 Å². The van der Waals surface area contributed by atoms with Crippen LogP contribution in [0.15, 0.2) is 12.1 Å². The summed E-state index contributed by atoms with van der Waals surface area (Å²) in [6.07, 6.45) is 3.93. The first-order chi connectivity index (χ1) is 11.3. The summed E-state index contributed by atoms with van der Waals surface area (Å²) in [6, 6.07) is 4.57. The fourth-order valence-electron chi connectivity index (χ4n) is 3.82. The summed E-state index contributed by atoms with van der Waals surface area (Å²) in [5.41, 5.74) is 1.23. The maximum Gasteiger partial charge on any atom is 0.203 e. The van der Waals surface area contributed by atoms with Crippen LogP contribution in [-0.4, -0.2) is 52.4 Å². The molecule has 3 rings (SSSR count). The minimum Gasteiger partial charge on any atom is -0.493 e. The van der Waals surface area contributed by atoms with Crippen molar-refractivity contribution in [3.63, 3.8) is 0 Å². The molecule has 5 nitrogen and oxygen atoms in total. The van der Waals surface area contributed by atoms with Gasteiger partial charge in [0.1, 0.15) is 0 Å². The Balaban J connectivity index is 0.00000156. The average molecular weight is 393 g/mol.